The first kappa shape index (κ1) is 13.8. The summed E-state index contributed by atoms with van der Waals surface area (Å²) in [5.74, 6) is 0.889. The fourth-order valence-corrected chi connectivity index (χ4v) is 1.62. The Hall–Kier alpha value is -1.29. The van der Waals surface area contributed by atoms with E-state index in [1.807, 2.05) is 24.3 Å². The zero-order chi connectivity index (χ0) is 12.7. The van der Waals surface area contributed by atoms with Crippen molar-refractivity contribution >= 4 is 17.3 Å². The molecule has 0 aliphatic carbocycles. The highest BCUT2D eigenvalue weighted by molar-refractivity contribution is 7.80. The molecule has 4 heteroatoms. The van der Waals surface area contributed by atoms with Crippen LogP contribution in [0.15, 0.2) is 24.3 Å². The van der Waals surface area contributed by atoms with E-state index in [9.17, 15) is 0 Å². The predicted molar refractivity (Wildman–Crippen MR) is 75.5 cm³/mol. The highest BCUT2D eigenvalue weighted by Crippen LogP contribution is 2.10. The van der Waals surface area contributed by atoms with E-state index in [1.165, 1.54) is 5.56 Å². The molecule has 17 heavy (non-hydrogen) atoms. The van der Waals surface area contributed by atoms with Gasteiger partial charge in [-0.25, -0.2) is 0 Å². The molecule has 0 amide bonds. The summed E-state index contributed by atoms with van der Waals surface area (Å²) < 4.78 is 5.57. The minimum absolute atomic E-state index is 0.355. The van der Waals surface area contributed by atoms with Crippen LogP contribution in [-0.4, -0.2) is 24.3 Å². The van der Waals surface area contributed by atoms with Gasteiger partial charge in [-0.1, -0.05) is 17.7 Å². The van der Waals surface area contributed by atoms with E-state index in [4.69, 9.17) is 17.0 Å². The summed E-state index contributed by atoms with van der Waals surface area (Å²) in [6.45, 7) is 7.46. The molecule has 0 saturated heterocycles. The Bertz CT molecular complexity index is 349. The molecule has 2 N–H and O–H groups in total. The van der Waals surface area contributed by atoms with Crippen molar-refractivity contribution in [2.24, 2.45) is 0 Å². The van der Waals surface area contributed by atoms with Crippen LogP contribution in [-0.2, 0) is 0 Å². The summed E-state index contributed by atoms with van der Waals surface area (Å²) in [5.41, 5.74) is 1.23. The molecule has 0 aliphatic heterocycles. The highest BCUT2D eigenvalue weighted by atomic mass is 32.1. The van der Waals surface area contributed by atoms with Crippen LogP contribution in [0, 0.1) is 6.92 Å². The summed E-state index contributed by atoms with van der Waals surface area (Å²) in [6, 6.07) is 8.37. The average molecular weight is 252 g/mol. The molecule has 0 radical (unpaired) electrons. The highest BCUT2D eigenvalue weighted by Gasteiger charge is 1.97. The van der Waals surface area contributed by atoms with Crippen LogP contribution in [0.2, 0.25) is 0 Å². The summed E-state index contributed by atoms with van der Waals surface area (Å²) in [4.78, 5) is 0. The van der Waals surface area contributed by atoms with Crippen LogP contribution in [0.5, 0.6) is 5.75 Å². The van der Waals surface area contributed by atoms with Crippen LogP contribution < -0.4 is 15.4 Å². The van der Waals surface area contributed by atoms with Crippen molar-refractivity contribution in [3.63, 3.8) is 0 Å². The molecule has 0 unspecified atom stereocenters. The molecular weight excluding hydrogens is 232 g/mol. The van der Waals surface area contributed by atoms with Crippen LogP contribution in [0.3, 0.4) is 0 Å². The van der Waals surface area contributed by atoms with E-state index in [-0.39, 0.29) is 0 Å². The van der Waals surface area contributed by atoms with Gasteiger partial charge in [0, 0.05) is 6.04 Å². The van der Waals surface area contributed by atoms with Crippen molar-refractivity contribution in [1.82, 2.24) is 10.6 Å². The van der Waals surface area contributed by atoms with E-state index in [1.54, 1.807) is 0 Å². The van der Waals surface area contributed by atoms with Gasteiger partial charge in [-0.3, -0.25) is 0 Å². The van der Waals surface area contributed by atoms with Gasteiger partial charge in [0.05, 0.1) is 6.54 Å². The first-order valence-electron chi connectivity index (χ1n) is 5.82. The second kappa shape index (κ2) is 7.12. The van der Waals surface area contributed by atoms with Gasteiger partial charge in [0.1, 0.15) is 12.4 Å². The number of benzene rings is 1. The normalized spacial score (nSPS) is 10.1. The second-order valence-electron chi connectivity index (χ2n) is 4.22. The number of rotatable bonds is 5. The number of nitrogens with one attached hydrogen (secondary N) is 2. The van der Waals surface area contributed by atoms with Gasteiger partial charge in [0.2, 0.25) is 0 Å². The topological polar surface area (TPSA) is 33.3 Å². The van der Waals surface area contributed by atoms with Gasteiger partial charge in [0.25, 0.3) is 0 Å². The monoisotopic (exact) mass is 252 g/mol. The van der Waals surface area contributed by atoms with Gasteiger partial charge < -0.3 is 15.4 Å². The second-order valence-corrected chi connectivity index (χ2v) is 4.62. The smallest absolute Gasteiger partial charge is 0.166 e. The molecule has 0 aromatic heterocycles. The van der Waals surface area contributed by atoms with Gasteiger partial charge >= 0.3 is 0 Å². The quantitative estimate of drug-likeness (QED) is 0.622. The Morgan fingerprint density at radius 1 is 1.29 bits per heavy atom. The maximum absolute atomic E-state index is 5.57. The zero-order valence-corrected chi connectivity index (χ0v) is 11.4. The lowest BCUT2D eigenvalue weighted by Gasteiger charge is -2.13. The van der Waals surface area contributed by atoms with Crippen LogP contribution in [0.4, 0.5) is 0 Å². The Labute approximate surface area is 109 Å². The van der Waals surface area contributed by atoms with Crippen LogP contribution >= 0.6 is 12.2 Å². The van der Waals surface area contributed by atoms with Gasteiger partial charge in [-0.15, -0.1) is 0 Å². The van der Waals surface area contributed by atoms with Crippen LogP contribution in [0.25, 0.3) is 0 Å². The molecule has 0 aliphatic rings. The maximum atomic E-state index is 5.57. The molecule has 0 fully saturated rings. The Balaban J connectivity index is 2.16. The zero-order valence-electron chi connectivity index (χ0n) is 10.6. The molecule has 0 spiro atoms. The molecule has 1 rings (SSSR count). The molecule has 0 bridgehead atoms. The summed E-state index contributed by atoms with van der Waals surface area (Å²) >= 11 is 5.10. The van der Waals surface area contributed by atoms with Crippen molar-refractivity contribution in [3.8, 4) is 5.75 Å². The molecule has 1 aromatic rings. The molecule has 1 aromatic carbocycles. The van der Waals surface area contributed by atoms with Crippen molar-refractivity contribution in [2.75, 3.05) is 13.2 Å². The number of thiocarbonyl (C=S) groups is 1. The third kappa shape index (κ3) is 6.12. The van der Waals surface area contributed by atoms with E-state index in [0.29, 0.717) is 24.3 Å². The van der Waals surface area contributed by atoms with Crippen molar-refractivity contribution in [1.29, 1.82) is 0 Å². The van der Waals surface area contributed by atoms with Gasteiger partial charge in [-0.2, -0.15) is 0 Å². The minimum Gasteiger partial charge on any atom is -0.492 e. The molecule has 3 nitrogen and oxygen atoms in total. The average Bonchev–Trinajstić information content (AvgIpc) is 2.26. The minimum atomic E-state index is 0.355. The largest absolute Gasteiger partial charge is 0.492 e. The fourth-order valence-electron chi connectivity index (χ4n) is 1.28. The molecule has 94 valence electrons. The molecule has 0 atom stereocenters. The summed E-state index contributed by atoms with van der Waals surface area (Å²) in [6.07, 6.45) is 0. The Morgan fingerprint density at radius 3 is 2.53 bits per heavy atom. The van der Waals surface area contributed by atoms with Gasteiger partial charge in [0.15, 0.2) is 5.11 Å². The molecule has 0 saturated carbocycles. The SMILES string of the molecule is Cc1ccc(OCCNC(=S)NC(C)C)cc1. The van der Waals surface area contributed by atoms with Crippen molar-refractivity contribution in [3.05, 3.63) is 29.8 Å². The molecular formula is C13H20N2OS. The fraction of sp³-hybridized carbons (Fsp3) is 0.462. The van der Waals surface area contributed by atoms with E-state index < -0.39 is 0 Å². The van der Waals surface area contributed by atoms with Crippen molar-refractivity contribution in [2.45, 2.75) is 26.8 Å². The predicted octanol–water partition coefficient (Wildman–Crippen LogP) is 2.25. The van der Waals surface area contributed by atoms with E-state index in [0.717, 1.165) is 5.75 Å². The third-order valence-electron chi connectivity index (χ3n) is 2.10. The first-order valence-corrected chi connectivity index (χ1v) is 6.22. The number of hydrogen-bond acceptors (Lipinski definition) is 2. The van der Waals surface area contributed by atoms with E-state index >= 15 is 0 Å². The number of ether oxygens (including phenoxy) is 1. The Morgan fingerprint density at radius 2 is 1.94 bits per heavy atom. The third-order valence-corrected chi connectivity index (χ3v) is 2.36. The maximum Gasteiger partial charge on any atom is 0.166 e. The van der Waals surface area contributed by atoms with E-state index in [2.05, 4.69) is 31.4 Å². The lowest BCUT2D eigenvalue weighted by atomic mass is 10.2. The lowest BCUT2D eigenvalue weighted by molar-refractivity contribution is 0.322. The number of hydrogen-bond donors (Lipinski definition) is 2. The van der Waals surface area contributed by atoms with Crippen LogP contribution in [0.1, 0.15) is 19.4 Å². The van der Waals surface area contributed by atoms with Gasteiger partial charge in [-0.05, 0) is 45.1 Å². The number of aryl methyl sites for hydroxylation is 1. The summed E-state index contributed by atoms with van der Waals surface area (Å²) in [5, 5.41) is 6.88. The standard InChI is InChI=1S/C13H20N2OS/c1-10(2)15-13(17)14-8-9-16-12-6-4-11(3)5-7-12/h4-7,10H,8-9H2,1-3H3,(H2,14,15,17). The lowest BCUT2D eigenvalue weighted by Crippen LogP contribution is -2.40. The van der Waals surface area contributed by atoms with Crippen molar-refractivity contribution < 1.29 is 4.74 Å². The first-order chi connectivity index (χ1) is 8.08. The Kier molecular flexibility index (Phi) is 5.77. The summed E-state index contributed by atoms with van der Waals surface area (Å²) in [7, 11) is 0. The molecule has 0 heterocycles.